The van der Waals surface area contributed by atoms with E-state index in [0.29, 0.717) is 25.5 Å². The van der Waals surface area contributed by atoms with Crippen molar-refractivity contribution in [3.8, 4) is 0 Å². The number of rotatable bonds is 5. The Hall–Kier alpha value is -2.70. The van der Waals surface area contributed by atoms with Crippen LogP contribution in [0.3, 0.4) is 0 Å². The average molecular weight is 329 g/mol. The maximum atomic E-state index is 12.3. The summed E-state index contributed by atoms with van der Waals surface area (Å²) in [6.45, 7) is 4.54. The number of nitrogens with zero attached hydrogens (tertiary/aromatic N) is 3. The van der Waals surface area contributed by atoms with E-state index in [4.69, 9.17) is 9.15 Å². The summed E-state index contributed by atoms with van der Waals surface area (Å²) in [6.07, 6.45) is 0.262. The van der Waals surface area contributed by atoms with E-state index in [1.165, 1.54) is 0 Å². The molecule has 2 heterocycles. The van der Waals surface area contributed by atoms with Gasteiger partial charge in [0.2, 0.25) is 17.7 Å². The van der Waals surface area contributed by atoms with Gasteiger partial charge in [-0.3, -0.25) is 9.59 Å². The van der Waals surface area contributed by atoms with E-state index in [2.05, 4.69) is 10.2 Å². The van der Waals surface area contributed by atoms with Gasteiger partial charge in [-0.1, -0.05) is 17.7 Å². The minimum atomic E-state index is -0.406. The Balaban J connectivity index is 1.68. The van der Waals surface area contributed by atoms with Crippen molar-refractivity contribution in [1.29, 1.82) is 0 Å². The van der Waals surface area contributed by atoms with E-state index in [9.17, 15) is 9.59 Å². The fraction of sp³-hybridized carbons (Fsp3) is 0.412. The lowest BCUT2D eigenvalue weighted by molar-refractivity contribution is -0.142. The van der Waals surface area contributed by atoms with Crippen LogP contribution in [0.1, 0.15) is 36.6 Å². The van der Waals surface area contributed by atoms with Crippen molar-refractivity contribution >= 4 is 17.6 Å². The molecule has 126 valence electrons. The number of benzene rings is 1. The third-order valence-electron chi connectivity index (χ3n) is 3.90. The predicted octanol–water partition coefficient (Wildman–Crippen LogP) is 2.00. The molecule has 0 saturated carbocycles. The zero-order chi connectivity index (χ0) is 17.1. The number of carbonyl (C=O) groups is 2. The molecule has 1 aromatic carbocycles. The number of aromatic nitrogens is 2. The second-order valence-corrected chi connectivity index (χ2v) is 5.76. The van der Waals surface area contributed by atoms with E-state index >= 15 is 0 Å². The molecule has 1 saturated heterocycles. The first kappa shape index (κ1) is 16.2. The summed E-state index contributed by atoms with van der Waals surface area (Å²) in [7, 11) is 0. The number of anilines is 1. The van der Waals surface area contributed by atoms with E-state index in [0.717, 1.165) is 11.3 Å². The first-order chi connectivity index (χ1) is 11.6. The molecule has 0 bridgehead atoms. The highest BCUT2D eigenvalue weighted by atomic mass is 16.5. The van der Waals surface area contributed by atoms with Gasteiger partial charge in [0.25, 0.3) is 0 Å². The molecule has 3 rings (SSSR count). The lowest BCUT2D eigenvalue weighted by atomic mass is 10.1. The van der Waals surface area contributed by atoms with Crippen LogP contribution in [0.4, 0.5) is 5.69 Å². The maximum absolute atomic E-state index is 12.3. The van der Waals surface area contributed by atoms with Crippen LogP contribution in [0.25, 0.3) is 0 Å². The molecule has 1 amide bonds. The van der Waals surface area contributed by atoms with Crippen molar-refractivity contribution in [3.63, 3.8) is 0 Å². The fourth-order valence-electron chi connectivity index (χ4n) is 2.69. The summed E-state index contributed by atoms with van der Waals surface area (Å²) < 4.78 is 10.4. The maximum Gasteiger partial charge on any atom is 0.315 e. The number of aryl methyl sites for hydroxylation is 1. The SMILES string of the molecule is CCOC(=O)Cc1nnc(C2CC(=O)N(c3ccc(C)cc3)C2)o1. The predicted molar refractivity (Wildman–Crippen MR) is 85.5 cm³/mol. The molecule has 1 unspecified atom stereocenters. The fourth-order valence-corrected chi connectivity index (χ4v) is 2.69. The molecular formula is C17H19N3O4. The quantitative estimate of drug-likeness (QED) is 0.780. The van der Waals surface area contributed by atoms with Gasteiger partial charge in [0.15, 0.2) is 0 Å². The van der Waals surface area contributed by atoms with Crippen LogP contribution in [0.2, 0.25) is 0 Å². The Morgan fingerprint density at radius 3 is 2.79 bits per heavy atom. The molecule has 24 heavy (non-hydrogen) atoms. The van der Waals surface area contributed by atoms with Crippen molar-refractivity contribution in [3.05, 3.63) is 41.6 Å². The summed E-state index contributed by atoms with van der Waals surface area (Å²) in [6, 6.07) is 7.80. The highest BCUT2D eigenvalue weighted by Gasteiger charge is 2.35. The molecular weight excluding hydrogens is 310 g/mol. The Morgan fingerprint density at radius 1 is 1.33 bits per heavy atom. The van der Waals surface area contributed by atoms with Crippen molar-refractivity contribution < 1.29 is 18.7 Å². The molecule has 2 aromatic rings. The van der Waals surface area contributed by atoms with Crippen molar-refractivity contribution in [2.45, 2.75) is 32.6 Å². The minimum absolute atomic E-state index is 0.0222. The number of carbonyl (C=O) groups excluding carboxylic acids is 2. The standard InChI is InChI=1S/C17H19N3O4/c1-3-23-16(22)9-14-18-19-17(24-14)12-8-15(21)20(10-12)13-6-4-11(2)5-7-13/h4-7,12H,3,8-10H2,1-2H3. The molecule has 7 nitrogen and oxygen atoms in total. The molecule has 7 heteroatoms. The Morgan fingerprint density at radius 2 is 2.08 bits per heavy atom. The molecule has 1 aliphatic heterocycles. The topological polar surface area (TPSA) is 85.5 Å². The average Bonchev–Trinajstić information content (AvgIpc) is 3.15. The Bertz CT molecular complexity index is 739. The summed E-state index contributed by atoms with van der Waals surface area (Å²) >= 11 is 0. The first-order valence-electron chi connectivity index (χ1n) is 7.91. The van der Waals surface area contributed by atoms with Gasteiger partial charge in [-0.25, -0.2) is 0 Å². The zero-order valence-electron chi connectivity index (χ0n) is 13.7. The minimum Gasteiger partial charge on any atom is -0.466 e. The smallest absolute Gasteiger partial charge is 0.315 e. The largest absolute Gasteiger partial charge is 0.466 e. The number of amides is 1. The van der Waals surface area contributed by atoms with E-state index in [-0.39, 0.29) is 24.1 Å². The zero-order valence-corrected chi connectivity index (χ0v) is 13.7. The number of ether oxygens (including phenoxy) is 1. The van der Waals surface area contributed by atoms with Crippen molar-refractivity contribution in [1.82, 2.24) is 10.2 Å². The van der Waals surface area contributed by atoms with Gasteiger partial charge >= 0.3 is 5.97 Å². The molecule has 0 N–H and O–H groups in total. The summed E-state index contributed by atoms with van der Waals surface area (Å²) in [5.41, 5.74) is 2.00. The lowest BCUT2D eigenvalue weighted by Gasteiger charge is -2.16. The number of esters is 1. The second kappa shape index (κ2) is 6.82. The van der Waals surface area contributed by atoms with Crippen molar-refractivity contribution in [2.75, 3.05) is 18.1 Å². The van der Waals surface area contributed by atoms with Crippen LogP contribution in [0, 0.1) is 6.92 Å². The third kappa shape index (κ3) is 3.45. The van der Waals surface area contributed by atoms with Crippen LogP contribution in [-0.4, -0.2) is 35.2 Å². The molecule has 1 aromatic heterocycles. The number of hydrogen-bond acceptors (Lipinski definition) is 6. The summed E-state index contributed by atoms with van der Waals surface area (Å²) in [4.78, 5) is 25.4. The van der Waals surface area contributed by atoms with Crippen LogP contribution in [0.15, 0.2) is 28.7 Å². The third-order valence-corrected chi connectivity index (χ3v) is 3.90. The first-order valence-corrected chi connectivity index (χ1v) is 7.91. The Kier molecular flexibility index (Phi) is 4.59. The van der Waals surface area contributed by atoms with Gasteiger partial charge in [-0.05, 0) is 26.0 Å². The van der Waals surface area contributed by atoms with Crippen LogP contribution < -0.4 is 4.90 Å². The monoisotopic (exact) mass is 329 g/mol. The van der Waals surface area contributed by atoms with Crippen LogP contribution >= 0.6 is 0 Å². The van der Waals surface area contributed by atoms with Crippen molar-refractivity contribution in [2.24, 2.45) is 0 Å². The summed E-state index contributed by atoms with van der Waals surface area (Å²) in [5, 5.41) is 7.85. The van der Waals surface area contributed by atoms with Gasteiger partial charge in [0, 0.05) is 18.7 Å². The van der Waals surface area contributed by atoms with E-state index in [1.807, 2.05) is 31.2 Å². The molecule has 1 aliphatic rings. The second-order valence-electron chi connectivity index (χ2n) is 5.76. The highest BCUT2D eigenvalue weighted by molar-refractivity contribution is 5.96. The van der Waals surface area contributed by atoms with Gasteiger partial charge in [0.1, 0.15) is 6.42 Å². The summed E-state index contributed by atoms with van der Waals surface area (Å²) in [5.74, 6) is 0.0506. The molecule has 1 fully saturated rings. The molecule has 0 spiro atoms. The highest BCUT2D eigenvalue weighted by Crippen LogP contribution is 2.31. The van der Waals surface area contributed by atoms with Crippen LogP contribution in [0.5, 0.6) is 0 Å². The van der Waals surface area contributed by atoms with E-state index in [1.54, 1.807) is 11.8 Å². The normalized spacial score (nSPS) is 17.3. The number of hydrogen-bond donors (Lipinski definition) is 0. The van der Waals surface area contributed by atoms with Gasteiger partial charge < -0.3 is 14.1 Å². The van der Waals surface area contributed by atoms with Crippen LogP contribution in [-0.2, 0) is 20.7 Å². The van der Waals surface area contributed by atoms with Gasteiger partial charge in [-0.15, -0.1) is 10.2 Å². The molecule has 1 atom stereocenters. The molecule has 0 aliphatic carbocycles. The van der Waals surface area contributed by atoms with E-state index < -0.39 is 5.97 Å². The van der Waals surface area contributed by atoms with Gasteiger partial charge in [0.05, 0.1) is 12.5 Å². The van der Waals surface area contributed by atoms with Gasteiger partial charge in [-0.2, -0.15) is 0 Å². The Labute approximate surface area is 139 Å². The molecule has 0 radical (unpaired) electrons. The lowest BCUT2D eigenvalue weighted by Crippen LogP contribution is -2.24.